The molecule has 2 heteroatoms. The lowest BCUT2D eigenvalue weighted by atomic mass is 10.4. The molecular formula is C7H10FN. The first kappa shape index (κ1) is 8.08. The molecule has 0 spiro atoms. The van der Waals surface area contributed by atoms with E-state index in [0.717, 1.165) is 0 Å². The van der Waals surface area contributed by atoms with Crippen molar-refractivity contribution < 1.29 is 4.39 Å². The van der Waals surface area contributed by atoms with Crippen molar-refractivity contribution in [3.05, 3.63) is 24.7 Å². The van der Waals surface area contributed by atoms with E-state index in [9.17, 15) is 4.39 Å². The molecule has 0 saturated heterocycles. The minimum absolute atomic E-state index is 0.294. The van der Waals surface area contributed by atoms with Crippen molar-refractivity contribution in [3.8, 4) is 0 Å². The lowest BCUT2D eigenvalue weighted by Gasteiger charge is -1.92. The summed E-state index contributed by atoms with van der Waals surface area (Å²) >= 11 is 0. The Balaban J connectivity index is 4.17. The highest BCUT2D eigenvalue weighted by Crippen LogP contribution is 1.99. The van der Waals surface area contributed by atoms with Gasteiger partial charge in [-0.05, 0) is 13.8 Å². The van der Waals surface area contributed by atoms with Gasteiger partial charge in [0.25, 0.3) is 0 Å². The third-order valence-electron chi connectivity index (χ3n) is 0.751. The molecule has 0 aromatic heterocycles. The summed E-state index contributed by atoms with van der Waals surface area (Å²) in [4.78, 5) is 3.72. The van der Waals surface area contributed by atoms with E-state index in [-0.39, 0.29) is 0 Å². The molecule has 0 heterocycles. The molecule has 50 valence electrons. The average Bonchev–Trinajstić information content (AvgIpc) is 1.63. The highest BCUT2D eigenvalue weighted by Gasteiger charge is 1.92. The lowest BCUT2D eigenvalue weighted by Crippen LogP contribution is -1.89. The Morgan fingerprint density at radius 2 is 1.78 bits per heavy atom. The molecule has 0 unspecified atom stereocenters. The molecule has 0 aliphatic rings. The van der Waals surface area contributed by atoms with Crippen molar-refractivity contribution in [1.82, 2.24) is 0 Å². The third kappa shape index (κ3) is 3.64. The summed E-state index contributed by atoms with van der Waals surface area (Å²) in [7, 11) is 0. The smallest absolute Gasteiger partial charge is 0.137 e. The lowest BCUT2D eigenvalue weighted by molar-refractivity contribution is 0.684. The summed E-state index contributed by atoms with van der Waals surface area (Å²) in [6.07, 6.45) is 0. The Bertz CT molecular complexity index is 168. The average molecular weight is 127 g/mol. The van der Waals surface area contributed by atoms with Crippen molar-refractivity contribution in [3.63, 3.8) is 0 Å². The Kier molecular flexibility index (Phi) is 2.85. The van der Waals surface area contributed by atoms with Gasteiger partial charge < -0.3 is 0 Å². The second-order valence-corrected chi connectivity index (χ2v) is 1.84. The van der Waals surface area contributed by atoms with Gasteiger partial charge in [0, 0.05) is 5.70 Å². The molecule has 0 N–H and O–H groups in total. The highest BCUT2D eigenvalue weighted by molar-refractivity contribution is 5.96. The maximum absolute atomic E-state index is 12.1. The van der Waals surface area contributed by atoms with Gasteiger partial charge in [0.2, 0.25) is 0 Å². The van der Waals surface area contributed by atoms with Crippen LogP contribution in [-0.4, -0.2) is 5.71 Å². The van der Waals surface area contributed by atoms with Crippen molar-refractivity contribution in [1.29, 1.82) is 0 Å². The largest absolute Gasteiger partial charge is 0.256 e. The van der Waals surface area contributed by atoms with Gasteiger partial charge in [-0.2, -0.15) is 0 Å². The molecular weight excluding hydrogens is 117 g/mol. The van der Waals surface area contributed by atoms with E-state index in [0.29, 0.717) is 11.4 Å². The van der Waals surface area contributed by atoms with Crippen LogP contribution in [0.25, 0.3) is 0 Å². The molecule has 0 bridgehead atoms. The van der Waals surface area contributed by atoms with Gasteiger partial charge in [0.15, 0.2) is 0 Å². The predicted octanol–water partition coefficient (Wildman–Crippen LogP) is 2.46. The first-order valence-corrected chi connectivity index (χ1v) is 2.59. The van der Waals surface area contributed by atoms with Crippen LogP contribution in [0, 0.1) is 0 Å². The summed E-state index contributed by atoms with van der Waals surface area (Å²) in [5, 5.41) is 0. The zero-order valence-electron chi connectivity index (χ0n) is 5.74. The fraction of sp³-hybridized carbons (Fsp3) is 0.286. The second-order valence-electron chi connectivity index (χ2n) is 1.84. The highest BCUT2D eigenvalue weighted by atomic mass is 19.1. The van der Waals surface area contributed by atoms with Crippen molar-refractivity contribution in [2.75, 3.05) is 0 Å². The molecule has 0 aromatic rings. The first-order chi connectivity index (χ1) is 4.04. The van der Waals surface area contributed by atoms with Crippen LogP contribution in [0.4, 0.5) is 4.39 Å². The molecule has 0 fully saturated rings. The monoisotopic (exact) mass is 127 g/mol. The first-order valence-electron chi connectivity index (χ1n) is 2.59. The number of nitrogens with zero attached hydrogens (tertiary/aromatic N) is 1. The van der Waals surface area contributed by atoms with Crippen LogP contribution in [0.1, 0.15) is 13.8 Å². The Hall–Kier alpha value is -0.920. The van der Waals surface area contributed by atoms with Gasteiger partial charge in [0.05, 0.1) is 5.71 Å². The van der Waals surface area contributed by atoms with E-state index in [1.54, 1.807) is 13.8 Å². The van der Waals surface area contributed by atoms with Gasteiger partial charge >= 0.3 is 0 Å². The van der Waals surface area contributed by atoms with Crippen LogP contribution in [0.15, 0.2) is 29.7 Å². The fourth-order valence-corrected chi connectivity index (χ4v) is 0.347. The number of rotatable bonds is 2. The molecule has 9 heavy (non-hydrogen) atoms. The van der Waals surface area contributed by atoms with E-state index >= 15 is 0 Å². The molecule has 0 aliphatic carbocycles. The molecule has 0 aliphatic heterocycles. The quantitative estimate of drug-likeness (QED) is 0.505. The predicted molar refractivity (Wildman–Crippen MR) is 38.2 cm³/mol. The summed E-state index contributed by atoms with van der Waals surface area (Å²) in [6, 6.07) is 0. The maximum Gasteiger partial charge on any atom is 0.137 e. The van der Waals surface area contributed by atoms with E-state index in [1.807, 2.05) is 0 Å². The standard InChI is InChI=1S/C7H10FN/c1-5(2)9-7(4)6(3)8/h1,3H2,2,4H3. The van der Waals surface area contributed by atoms with Gasteiger partial charge in [-0.1, -0.05) is 13.2 Å². The minimum atomic E-state index is -0.502. The molecule has 0 atom stereocenters. The van der Waals surface area contributed by atoms with Crippen LogP contribution < -0.4 is 0 Å². The topological polar surface area (TPSA) is 12.4 Å². The van der Waals surface area contributed by atoms with Crippen LogP contribution in [0.5, 0.6) is 0 Å². The van der Waals surface area contributed by atoms with Crippen molar-refractivity contribution >= 4 is 5.71 Å². The molecule has 1 nitrogen and oxygen atoms in total. The Morgan fingerprint density at radius 1 is 1.33 bits per heavy atom. The van der Waals surface area contributed by atoms with Crippen molar-refractivity contribution in [2.45, 2.75) is 13.8 Å². The number of halogens is 1. The second kappa shape index (κ2) is 3.17. The minimum Gasteiger partial charge on any atom is -0.256 e. The van der Waals surface area contributed by atoms with Gasteiger partial charge in [0.1, 0.15) is 5.83 Å². The van der Waals surface area contributed by atoms with Crippen LogP contribution >= 0.6 is 0 Å². The van der Waals surface area contributed by atoms with E-state index in [4.69, 9.17) is 0 Å². The van der Waals surface area contributed by atoms with Gasteiger partial charge in [-0.15, -0.1) is 0 Å². The fourth-order valence-electron chi connectivity index (χ4n) is 0.347. The van der Waals surface area contributed by atoms with E-state index < -0.39 is 5.83 Å². The van der Waals surface area contributed by atoms with E-state index in [2.05, 4.69) is 18.2 Å². The molecule has 0 radical (unpaired) electrons. The summed E-state index contributed by atoms with van der Waals surface area (Å²) in [6.45, 7) is 9.81. The number of allylic oxidation sites excluding steroid dienone is 2. The van der Waals surface area contributed by atoms with E-state index in [1.165, 1.54) is 0 Å². The number of hydrogen-bond donors (Lipinski definition) is 0. The molecule has 0 saturated carbocycles. The van der Waals surface area contributed by atoms with Crippen LogP contribution in [0.3, 0.4) is 0 Å². The molecule has 0 aromatic carbocycles. The summed E-state index contributed by atoms with van der Waals surface area (Å²) in [5.74, 6) is -0.502. The third-order valence-corrected chi connectivity index (χ3v) is 0.751. The zero-order valence-corrected chi connectivity index (χ0v) is 5.74. The Labute approximate surface area is 54.6 Å². The normalized spacial score (nSPS) is 11.2. The van der Waals surface area contributed by atoms with Gasteiger partial charge in [-0.3, -0.25) is 4.99 Å². The molecule has 0 rings (SSSR count). The Morgan fingerprint density at radius 3 is 1.89 bits per heavy atom. The van der Waals surface area contributed by atoms with Crippen LogP contribution in [-0.2, 0) is 0 Å². The zero-order chi connectivity index (χ0) is 7.44. The van der Waals surface area contributed by atoms with Gasteiger partial charge in [-0.25, -0.2) is 4.39 Å². The molecule has 0 amide bonds. The maximum atomic E-state index is 12.1. The SMILES string of the molecule is C=C(C)N=C(C)C(=C)F. The number of aliphatic imine (C=N–C) groups is 1. The van der Waals surface area contributed by atoms with Crippen LogP contribution in [0.2, 0.25) is 0 Å². The summed E-state index contributed by atoms with van der Waals surface area (Å²) < 4.78 is 12.1. The number of hydrogen-bond acceptors (Lipinski definition) is 1. The summed E-state index contributed by atoms with van der Waals surface area (Å²) in [5.41, 5.74) is 0.883. The van der Waals surface area contributed by atoms with Crippen molar-refractivity contribution in [2.24, 2.45) is 4.99 Å².